The Balaban J connectivity index is 1.36. The fraction of sp³-hybridized carbons (Fsp3) is 0.381. The Labute approximate surface area is 173 Å². The number of aromatic nitrogens is 4. The summed E-state index contributed by atoms with van der Waals surface area (Å²) in [5.74, 6) is 1.85. The Bertz CT molecular complexity index is 1030. The molecule has 1 saturated carbocycles. The molecular weight excluding hydrogens is 393 g/mol. The van der Waals surface area contributed by atoms with Crippen LogP contribution in [-0.2, 0) is 13.1 Å². The van der Waals surface area contributed by atoms with Crippen LogP contribution in [0.2, 0.25) is 5.02 Å². The number of fused-ring (bicyclic) bond motifs is 3. The average molecular weight is 414 g/mol. The van der Waals surface area contributed by atoms with Crippen molar-refractivity contribution in [3.05, 3.63) is 64.6 Å². The van der Waals surface area contributed by atoms with E-state index >= 15 is 0 Å². The van der Waals surface area contributed by atoms with E-state index in [4.69, 9.17) is 16.3 Å². The summed E-state index contributed by atoms with van der Waals surface area (Å²) in [5.41, 5.74) is 2.23. The van der Waals surface area contributed by atoms with Gasteiger partial charge in [-0.3, -0.25) is 4.57 Å². The quantitative estimate of drug-likeness (QED) is 0.698. The molecule has 3 heterocycles. The van der Waals surface area contributed by atoms with Crippen molar-refractivity contribution >= 4 is 11.6 Å². The van der Waals surface area contributed by atoms with Gasteiger partial charge in [-0.15, -0.1) is 10.2 Å². The zero-order valence-corrected chi connectivity index (χ0v) is 16.6. The monoisotopic (exact) mass is 413 g/mol. The fourth-order valence-corrected chi connectivity index (χ4v) is 4.44. The Kier molecular flexibility index (Phi) is 4.93. The first-order valence-electron chi connectivity index (χ1n) is 9.90. The van der Waals surface area contributed by atoms with Crippen molar-refractivity contribution in [3.63, 3.8) is 0 Å². The van der Waals surface area contributed by atoms with Crippen LogP contribution in [0.15, 0.2) is 36.5 Å². The lowest BCUT2D eigenvalue weighted by Gasteiger charge is -2.28. The lowest BCUT2D eigenvalue weighted by Crippen LogP contribution is -2.25. The molecule has 1 aromatic carbocycles. The second-order valence-electron chi connectivity index (χ2n) is 7.57. The van der Waals surface area contributed by atoms with E-state index in [0.717, 1.165) is 60.2 Å². The van der Waals surface area contributed by atoms with E-state index in [-0.39, 0.29) is 17.9 Å². The molecule has 1 aliphatic heterocycles. The summed E-state index contributed by atoms with van der Waals surface area (Å²) in [6.45, 7) is 1.41. The number of pyridine rings is 1. The minimum atomic E-state index is -0.417. The molecule has 1 N–H and O–H groups in total. The molecule has 0 spiro atoms. The van der Waals surface area contributed by atoms with Crippen LogP contribution in [0.1, 0.15) is 48.8 Å². The van der Waals surface area contributed by atoms with Gasteiger partial charge in [-0.05, 0) is 61.6 Å². The molecule has 29 heavy (non-hydrogen) atoms. The molecule has 5 rings (SSSR count). The summed E-state index contributed by atoms with van der Waals surface area (Å²) in [4.78, 5) is 4.00. The third-order valence-electron chi connectivity index (χ3n) is 5.68. The molecule has 0 unspecified atom stereocenters. The second kappa shape index (κ2) is 7.72. The van der Waals surface area contributed by atoms with Gasteiger partial charge < -0.3 is 10.1 Å². The van der Waals surface area contributed by atoms with Gasteiger partial charge >= 0.3 is 0 Å². The number of nitrogens with zero attached hydrogens (tertiary/aromatic N) is 4. The minimum Gasteiger partial charge on any atom is -0.472 e. The van der Waals surface area contributed by atoms with Crippen molar-refractivity contribution < 1.29 is 9.13 Å². The van der Waals surface area contributed by atoms with Gasteiger partial charge in [0.25, 0.3) is 5.88 Å². The number of nitrogens with one attached hydrogen (secondary N) is 1. The highest BCUT2D eigenvalue weighted by atomic mass is 35.5. The minimum absolute atomic E-state index is 0.0325. The standard InChI is InChI=1S/C21H21ClFN5O/c22-15-5-8-18-14(10-15)11-24-12-19-26-27-20(28(18)19)13-3-6-16(7-4-13)29-21-17(23)2-1-9-25-21/h1-2,5,8-10,13,16,24H,3-4,6-7,11-12H2/t13-,16-. The van der Waals surface area contributed by atoms with Crippen LogP contribution >= 0.6 is 11.6 Å². The molecule has 8 heteroatoms. The molecule has 3 aromatic rings. The largest absolute Gasteiger partial charge is 0.472 e. The maximum absolute atomic E-state index is 13.8. The molecule has 0 amide bonds. The number of rotatable bonds is 3. The predicted molar refractivity (Wildman–Crippen MR) is 107 cm³/mol. The Morgan fingerprint density at radius 2 is 1.97 bits per heavy atom. The van der Waals surface area contributed by atoms with Crippen LogP contribution in [0.25, 0.3) is 5.69 Å². The van der Waals surface area contributed by atoms with E-state index in [1.165, 1.54) is 6.07 Å². The van der Waals surface area contributed by atoms with Crippen LogP contribution in [0.4, 0.5) is 4.39 Å². The van der Waals surface area contributed by atoms with Crippen LogP contribution < -0.4 is 10.1 Å². The van der Waals surface area contributed by atoms with E-state index in [2.05, 4.69) is 25.1 Å². The van der Waals surface area contributed by atoms with Gasteiger partial charge in [-0.1, -0.05) is 11.6 Å². The number of ether oxygens (including phenoxy) is 1. The van der Waals surface area contributed by atoms with E-state index in [0.29, 0.717) is 6.54 Å². The highest BCUT2D eigenvalue weighted by Gasteiger charge is 2.30. The van der Waals surface area contributed by atoms with Gasteiger partial charge in [0.15, 0.2) is 11.6 Å². The summed E-state index contributed by atoms with van der Waals surface area (Å²) in [5, 5.41) is 13.1. The molecular formula is C21H21ClFN5O. The van der Waals surface area contributed by atoms with Crippen LogP contribution in [0.5, 0.6) is 5.88 Å². The number of benzene rings is 1. The summed E-state index contributed by atoms with van der Waals surface area (Å²) in [7, 11) is 0. The Morgan fingerprint density at radius 3 is 2.79 bits per heavy atom. The first kappa shape index (κ1) is 18.5. The smallest absolute Gasteiger partial charge is 0.250 e. The van der Waals surface area contributed by atoms with Gasteiger partial charge in [0, 0.05) is 23.7 Å². The molecule has 0 bridgehead atoms. The molecule has 0 saturated heterocycles. The highest BCUT2D eigenvalue weighted by Crippen LogP contribution is 2.36. The molecule has 150 valence electrons. The average Bonchev–Trinajstić information content (AvgIpc) is 3.06. The zero-order valence-electron chi connectivity index (χ0n) is 15.8. The maximum atomic E-state index is 13.8. The lowest BCUT2D eigenvalue weighted by molar-refractivity contribution is 0.132. The molecule has 1 aliphatic carbocycles. The summed E-state index contributed by atoms with van der Waals surface area (Å²) >= 11 is 6.20. The number of hydrogen-bond acceptors (Lipinski definition) is 5. The maximum Gasteiger partial charge on any atom is 0.250 e. The number of hydrogen-bond donors (Lipinski definition) is 1. The summed E-state index contributed by atoms with van der Waals surface area (Å²) < 4.78 is 21.8. The van der Waals surface area contributed by atoms with Gasteiger partial charge in [0.05, 0.1) is 12.2 Å². The second-order valence-corrected chi connectivity index (χ2v) is 8.00. The van der Waals surface area contributed by atoms with Crippen molar-refractivity contribution in [2.24, 2.45) is 0 Å². The van der Waals surface area contributed by atoms with Crippen LogP contribution in [-0.4, -0.2) is 25.9 Å². The van der Waals surface area contributed by atoms with E-state index in [1.807, 2.05) is 18.2 Å². The van der Waals surface area contributed by atoms with Gasteiger partial charge in [0.2, 0.25) is 0 Å². The molecule has 6 nitrogen and oxygen atoms in total. The lowest BCUT2D eigenvalue weighted by atomic mass is 9.86. The SMILES string of the molecule is Fc1cccnc1O[C@H]1CC[C@H](c2nnc3n2-c2ccc(Cl)cc2CNC3)CC1. The number of halogens is 2. The molecule has 0 radical (unpaired) electrons. The zero-order chi connectivity index (χ0) is 19.8. The molecule has 2 aliphatic rings. The van der Waals surface area contributed by atoms with Gasteiger partial charge in [-0.25, -0.2) is 9.37 Å². The topological polar surface area (TPSA) is 64.9 Å². The Hall–Kier alpha value is -2.51. The van der Waals surface area contributed by atoms with E-state index < -0.39 is 5.82 Å². The molecule has 0 atom stereocenters. The van der Waals surface area contributed by atoms with Crippen molar-refractivity contribution in [2.45, 2.75) is 50.8 Å². The van der Waals surface area contributed by atoms with E-state index in [1.54, 1.807) is 12.3 Å². The predicted octanol–water partition coefficient (Wildman–Crippen LogP) is 4.16. The third kappa shape index (κ3) is 3.60. The normalized spacial score (nSPS) is 21.2. The molecule has 2 aromatic heterocycles. The van der Waals surface area contributed by atoms with Crippen LogP contribution in [0, 0.1) is 5.82 Å². The third-order valence-corrected chi connectivity index (χ3v) is 5.91. The van der Waals surface area contributed by atoms with Gasteiger partial charge in [0.1, 0.15) is 11.9 Å². The summed E-state index contributed by atoms with van der Waals surface area (Å²) in [6.07, 6.45) is 4.99. The van der Waals surface area contributed by atoms with Crippen molar-refractivity contribution in [1.82, 2.24) is 25.1 Å². The van der Waals surface area contributed by atoms with Crippen molar-refractivity contribution in [1.29, 1.82) is 0 Å². The van der Waals surface area contributed by atoms with Crippen LogP contribution in [0.3, 0.4) is 0 Å². The highest BCUT2D eigenvalue weighted by molar-refractivity contribution is 6.30. The Morgan fingerprint density at radius 1 is 1.10 bits per heavy atom. The summed E-state index contributed by atoms with van der Waals surface area (Å²) in [6, 6.07) is 8.88. The van der Waals surface area contributed by atoms with Gasteiger partial charge in [-0.2, -0.15) is 0 Å². The first-order chi connectivity index (χ1) is 14.2. The van der Waals surface area contributed by atoms with E-state index in [9.17, 15) is 4.39 Å². The molecule has 1 fully saturated rings. The fourth-order valence-electron chi connectivity index (χ4n) is 4.25. The first-order valence-corrected chi connectivity index (χ1v) is 10.3. The van der Waals surface area contributed by atoms with Crippen molar-refractivity contribution in [3.8, 4) is 11.6 Å². The van der Waals surface area contributed by atoms with Crippen molar-refractivity contribution in [2.75, 3.05) is 0 Å².